The molecule has 8 aromatic rings. The minimum Gasteiger partial charge on any atom is -0.455 e. The van der Waals surface area contributed by atoms with Crippen LogP contribution in [-0.4, -0.2) is 182 Å². The molecule has 10 aliphatic carbocycles. The molecular weight excluding hydrogens is 1590 g/mol. The van der Waals surface area contributed by atoms with Gasteiger partial charge in [0, 0.05) is 146 Å². The molecule has 2 aliphatic heterocycles. The molecule has 3 N–H and O–H groups in total. The number of ether oxygens (including phenoxy) is 2. The van der Waals surface area contributed by atoms with E-state index in [1.165, 1.54) is 128 Å². The smallest absolute Gasteiger partial charge is 0.273 e. The molecule has 4 bridgehead atoms. The summed E-state index contributed by atoms with van der Waals surface area (Å²) >= 11 is 0. The van der Waals surface area contributed by atoms with E-state index in [-0.39, 0.29) is 43.8 Å². The Hall–Kier alpha value is -9.18. The first-order chi connectivity index (χ1) is 58.8. The van der Waals surface area contributed by atoms with E-state index in [4.69, 9.17) is 9.47 Å². The van der Waals surface area contributed by atoms with Gasteiger partial charge in [-0.2, -0.15) is 0 Å². The number of carbonyl (C=O) groups excluding carboxylic acids is 2. The van der Waals surface area contributed by atoms with Crippen LogP contribution < -0.4 is 24.6 Å². The number of H-pyrrole nitrogens is 2. The quantitative estimate of drug-likeness (QED) is 0.0163. The average Bonchev–Trinajstić information content (AvgIpc) is 0.848. The number of benzene rings is 4. The fraction of sp³-hybridized carbons (Fsp3) is 0.546. The van der Waals surface area contributed by atoms with Crippen molar-refractivity contribution in [1.29, 1.82) is 0 Å². The van der Waals surface area contributed by atoms with Crippen molar-refractivity contribution >= 4 is 76.1 Å². The van der Waals surface area contributed by atoms with Gasteiger partial charge in [0.15, 0.2) is 31.2 Å². The second-order valence-electron chi connectivity index (χ2n) is 39.9. The van der Waals surface area contributed by atoms with Gasteiger partial charge in [0.25, 0.3) is 11.4 Å². The Kier molecular flexibility index (Phi) is 24.0. The van der Waals surface area contributed by atoms with Gasteiger partial charge >= 0.3 is 0 Å². The van der Waals surface area contributed by atoms with E-state index in [0.29, 0.717) is 91.3 Å². The summed E-state index contributed by atoms with van der Waals surface area (Å²) in [5, 5.41) is 29.6. The number of ketones is 2. The van der Waals surface area contributed by atoms with Crippen LogP contribution in [0.3, 0.4) is 0 Å². The highest BCUT2D eigenvalue weighted by atomic mass is 32.2. The van der Waals surface area contributed by atoms with Gasteiger partial charge in [-0.15, -0.1) is 0 Å². The monoisotopic (exact) mass is 1710 g/mol. The lowest BCUT2D eigenvalue weighted by molar-refractivity contribution is -0.385. The van der Waals surface area contributed by atoms with Gasteiger partial charge in [-0.3, -0.25) is 39.6 Å². The van der Waals surface area contributed by atoms with Crippen LogP contribution in [0.4, 0.5) is 22.7 Å². The zero-order chi connectivity index (χ0) is 86.0. The number of carbonyl (C=O) groups is 2. The van der Waals surface area contributed by atoms with E-state index in [1.807, 2.05) is 48.5 Å². The summed E-state index contributed by atoms with van der Waals surface area (Å²) in [5.74, 6) is -0.680. The predicted molar refractivity (Wildman–Crippen MR) is 481 cm³/mol. The number of Topliss-reactive ketones (excluding diaryl/α,β-unsaturated/α-hetero) is 2. The number of aromatic amines is 2. The zero-order valence-corrected chi connectivity index (χ0v) is 74.4. The molecule has 0 atom stereocenters. The molecule has 654 valence electrons. The first-order valence-electron chi connectivity index (χ1n) is 45.1. The second kappa shape index (κ2) is 34.3. The molecule has 0 amide bonds. The molecule has 0 unspecified atom stereocenters. The fourth-order valence-electron chi connectivity index (χ4n) is 22.7. The van der Waals surface area contributed by atoms with Crippen LogP contribution in [-0.2, 0) is 32.5 Å². The Morgan fingerprint density at radius 3 is 1.33 bits per heavy atom. The predicted octanol–water partition coefficient (Wildman–Crippen LogP) is 18.7. The third-order valence-corrected chi connectivity index (χ3v) is 33.4. The number of piperazine rings is 2. The molecule has 6 heterocycles. The topological polar surface area (TPSA) is 293 Å². The fourth-order valence-corrected chi connectivity index (χ4v) is 25.2. The summed E-state index contributed by atoms with van der Waals surface area (Å²) in [7, 11) is -1.90. The van der Waals surface area contributed by atoms with Crippen molar-refractivity contribution in [2.24, 2.45) is 33.5 Å². The molecule has 2 saturated heterocycles. The molecule has 10 fully saturated rings. The summed E-state index contributed by atoms with van der Waals surface area (Å²) in [6.45, 7) is 18.6. The molecular formula is C97H122N12O12S2. The summed E-state index contributed by atoms with van der Waals surface area (Å²) in [4.78, 5) is 78.3. The van der Waals surface area contributed by atoms with Crippen LogP contribution in [0.15, 0.2) is 154 Å². The van der Waals surface area contributed by atoms with E-state index >= 15 is 0 Å². The number of nitrogens with zero attached hydrogens (tertiary/aromatic N) is 9. The van der Waals surface area contributed by atoms with E-state index in [0.717, 1.165) is 138 Å². The maximum atomic E-state index is 14.1. The molecule has 4 aromatic carbocycles. The Morgan fingerprint density at radius 2 is 0.943 bits per heavy atom. The van der Waals surface area contributed by atoms with Crippen LogP contribution in [0.2, 0.25) is 0 Å². The summed E-state index contributed by atoms with van der Waals surface area (Å²) < 4.78 is 68.1. The van der Waals surface area contributed by atoms with E-state index in [1.54, 1.807) is 71.3 Å². The number of nitro groups is 2. The number of hydrogen-bond acceptors (Lipinski definition) is 20. The van der Waals surface area contributed by atoms with Crippen molar-refractivity contribution in [3.05, 3.63) is 187 Å². The van der Waals surface area contributed by atoms with Crippen LogP contribution in [0, 0.1) is 53.7 Å². The largest absolute Gasteiger partial charge is 0.455 e. The highest BCUT2D eigenvalue weighted by Crippen LogP contribution is 2.75. The molecule has 24 nitrogen and oxygen atoms in total. The summed E-state index contributed by atoms with van der Waals surface area (Å²) in [6, 6.07) is 26.3. The SMILES string of the molecule is CN(C)C12CC(C3=C(CN4CCN(c5ccc(C(=O)CS(=O)(=O)c6ccc(CCC7CCCCC7)c([N+](=O)[O-])c6)c(Oc6cnc7[nH]ccc7c6)c5)CC4)CCC(C)(C)C3)(C1)C2.CNC12CC(C3=C(CN4CCN(c5ccc(C(=O)CS(=O)(=O)c6ccc(CCC7CCCCC7)c([N+](=O)[O-])c6)c(Oc6cnc7[nH]ccc7c6)c5)CC4)CCC(C)(C)C3)(C1)C2. The number of anilines is 2. The number of sulfone groups is 2. The molecule has 12 aliphatic rings. The van der Waals surface area contributed by atoms with Gasteiger partial charge in [-0.1, -0.05) is 126 Å². The average molecular weight is 1710 g/mol. The molecule has 4 aromatic heterocycles. The standard InChI is InChI=1S/C49H62N6O6S.C48H60N6O6S/c1-47(2)18-16-37(42(27-47)48-31-49(32-48,33-48)52(3)4)29-53-20-22-54(23-21-53)38-13-15-41(45(25-38)61-39-24-36-17-19-50-46(36)51-28-39)44(56)30-62(59,60)40-14-12-35(43(26-40)55(57)58)11-10-34-8-6-5-7-9-34;1-46(2)17-15-36(41(26-46)47-30-48(31-47,32-47)49-3)28-52-19-21-53(22-20-52)37-12-14-40(44(24-37)60-38-23-35-16-18-50-45(35)51-27-38)43(55)29-61(58,59)39-13-11-34(42(25-39)54(56)57)10-9-33-7-5-4-6-8-33/h12-15,17,19,24-26,28,34H,5-11,16,18,20-23,27,29-33H2,1-4H3,(H,50,51);11-14,16,18,23-25,27,33,49H,4-10,15,17,19-22,26,28-32H2,1-3H3,(H,50,51). The van der Waals surface area contributed by atoms with E-state index in [2.05, 4.69) is 98.6 Å². The maximum Gasteiger partial charge on any atom is 0.273 e. The Balaban J connectivity index is 0.000000175. The highest BCUT2D eigenvalue weighted by molar-refractivity contribution is 7.92. The number of aryl methyl sites for hydroxylation is 2. The number of fused-ring (bicyclic) bond motifs is 2. The van der Waals surface area contributed by atoms with Crippen molar-refractivity contribution in [2.45, 2.75) is 216 Å². The summed E-state index contributed by atoms with van der Waals surface area (Å²) in [5.41, 5.74) is 13.1. The molecule has 0 radical (unpaired) electrons. The van der Waals surface area contributed by atoms with Crippen molar-refractivity contribution in [3.8, 4) is 23.0 Å². The first kappa shape index (κ1) is 86.0. The highest BCUT2D eigenvalue weighted by Gasteiger charge is 2.71. The minimum absolute atomic E-state index is 0.118. The third-order valence-electron chi connectivity index (χ3n) is 30.2. The molecule has 123 heavy (non-hydrogen) atoms. The Labute approximate surface area is 723 Å². The number of rotatable bonds is 30. The number of pyridine rings is 2. The minimum atomic E-state index is -4.25. The number of nitro benzene ring substituents is 2. The lowest BCUT2D eigenvalue weighted by Crippen LogP contribution is -2.74. The number of aromatic nitrogens is 4. The van der Waals surface area contributed by atoms with Gasteiger partial charge in [0.1, 0.15) is 45.8 Å². The first-order valence-corrected chi connectivity index (χ1v) is 48.4. The number of hydrogen-bond donors (Lipinski definition) is 3. The van der Waals surface area contributed by atoms with Crippen molar-refractivity contribution < 1.29 is 45.7 Å². The van der Waals surface area contributed by atoms with Crippen molar-refractivity contribution in [1.82, 2.24) is 40.0 Å². The molecule has 20 rings (SSSR count). The van der Waals surface area contributed by atoms with E-state index < -0.39 is 52.6 Å². The van der Waals surface area contributed by atoms with Crippen LogP contribution in [0.1, 0.15) is 214 Å². The van der Waals surface area contributed by atoms with Gasteiger partial charge in [-0.25, -0.2) is 26.8 Å². The molecule has 8 saturated carbocycles. The van der Waals surface area contributed by atoms with Gasteiger partial charge in [-0.05, 0) is 218 Å². The van der Waals surface area contributed by atoms with Gasteiger partial charge in [0.2, 0.25) is 0 Å². The molecule has 0 spiro atoms. The lowest BCUT2D eigenvalue weighted by atomic mass is 9.35. The van der Waals surface area contributed by atoms with Crippen LogP contribution in [0.5, 0.6) is 23.0 Å². The van der Waals surface area contributed by atoms with Gasteiger partial charge < -0.3 is 39.5 Å². The number of allylic oxidation sites excluding steroid dienone is 2. The lowest BCUT2D eigenvalue weighted by Gasteiger charge is -2.75. The Bertz CT molecular complexity index is 5640. The normalized spacial score (nSPS) is 24.3. The van der Waals surface area contributed by atoms with Crippen molar-refractivity contribution in [2.75, 3.05) is 108 Å². The maximum absolute atomic E-state index is 14.1. The van der Waals surface area contributed by atoms with Gasteiger partial charge in [0.05, 0.1) is 43.2 Å². The second-order valence-corrected chi connectivity index (χ2v) is 43.9. The van der Waals surface area contributed by atoms with Crippen LogP contribution >= 0.6 is 0 Å². The summed E-state index contributed by atoms with van der Waals surface area (Å²) in [6.07, 6.45) is 36.1. The van der Waals surface area contributed by atoms with E-state index in [9.17, 15) is 46.7 Å². The third kappa shape index (κ3) is 18.2. The molecule has 26 heteroatoms. The van der Waals surface area contributed by atoms with Crippen LogP contribution in [0.25, 0.3) is 22.1 Å². The Morgan fingerprint density at radius 1 is 0.537 bits per heavy atom. The number of nitrogens with one attached hydrogen (secondary N) is 3. The zero-order valence-electron chi connectivity index (χ0n) is 72.8. The van der Waals surface area contributed by atoms with Crippen molar-refractivity contribution in [3.63, 3.8) is 0 Å².